The second kappa shape index (κ2) is 18.6. The number of hydrogen-bond acceptors (Lipinski definition) is 10. The van der Waals surface area contributed by atoms with Crippen LogP contribution >= 0.6 is 0 Å². The van der Waals surface area contributed by atoms with Crippen molar-refractivity contribution in [3.05, 3.63) is 201 Å². The number of anilines is 1. The van der Waals surface area contributed by atoms with E-state index in [-0.39, 0.29) is 5.69 Å². The molecule has 16 heteroatoms. The Hall–Kier alpha value is -9.28. The van der Waals surface area contributed by atoms with Gasteiger partial charge in [-0.15, -0.1) is 0 Å². The second-order valence-electron chi connectivity index (χ2n) is 17.9. The number of nitro groups is 2. The third-order valence-electron chi connectivity index (χ3n) is 12.0. The molecule has 2 N–H and O–H groups in total. The van der Waals surface area contributed by atoms with Crippen LogP contribution < -0.4 is 4.31 Å². The fourth-order valence-corrected chi connectivity index (χ4v) is 10.5. The molecule has 72 heavy (non-hydrogen) atoms. The van der Waals surface area contributed by atoms with E-state index in [2.05, 4.69) is 28.2 Å². The Morgan fingerprint density at radius 2 is 0.944 bits per heavy atom. The van der Waals surface area contributed by atoms with E-state index >= 15 is 0 Å². The second-order valence-corrected chi connectivity index (χ2v) is 19.7. The fraction of sp³-hybridized carbons (Fsp3) is 0.0893. The van der Waals surface area contributed by atoms with Gasteiger partial charge in [-0.3, -0.25) is 29.3 Å². The molecule has 0 saturated heterocycles. The summed E-state index contributed by atoms with van der Waals surface area (Å²) < 4.78 is 35.4. The molecule has 0 atom stereocenters. The molecular formula is C56H43N7O8S. The van der Waals surface area contributed by atoms with E-state index in [4.69, 9.17) is 14.7 Å². The van der Waals surface area contributed by atoms with Gasteiger partial charge in [-0.1, -0.05) is 103 Å². The molecular weight excluding hydrogens is 931 g/mol. The molecule has 0 aliphatic carbocycles. The van der Waals surface area contributed by atoms with Gasteiger partial charge < -0.3 is 14.7 Å². The van der Waals surface area contributed by atoms with Gasteiger partial charge in [0.15, 0.2) is 4.90 Å². The number of H-pyrrole nitrogens is 2. The van der Waals surface area contributed by atoms with Crippen LogP contribution in [-0.2, 0) is 19.6 Å². The molecule has 0 unspecified atom stereocenters. The molecule has 5 aromatic carbocycles. The third kappa shape index (κ3) is 9.05. The number of benzene rings is 5. The van der Waals surface area contributed by atoms with E-state index in [1.54, 1.807) is 32.9 Å². The number of sulfonamides is 1. The van der Waals surface area contributed by atoms with Crippen molar-refractivity contribution in [1.82, 2.24) is 19.9 Å². The highest BCUT2D eigenvalue weighted by Gasteiger charge is 2.36. The van der Waals surface area contributed by atoms with Gasteiger partial charge >= 0.3 is 5.97 Å². The highest BCUT2D eigenvalue weighted by Crippen LogP contribution is 2.40. The van der Waals surface area contributed by atoms with Crippen molar-refractivity contribution in [2.75, 3.05) is 10.8 Å². The Morgan fingerprint density at radius 3 is 1.31 bits per heavy atom. The number of non-ortho nitro benzene ring substituents is 1. The van der Waals surface area contributed by atoms with Crippen LogP contribution in [0.1, 0.15) is 43.5 Å². The molecule has 15 nitrogen and oxygen atoms in total. The lowest BCUT2D eigenvalue weighted by Crippen LogP contribution is -2.39. The van der Waals surface area contributed by atoms with Gasteiger partial charge in [-0.25, -0.2) is 18.4 Å². The Labute approximate surface area is 412 Å². The topological polar surface area (TPSA) is 207 Å². The SMILES string of the molecule is CC(C)(C)OC(=O)CN(c1ccc(-c2c3nc(c(-c4ccccc4)c4ccc([nH]4)c(-c4ccccc4)c4nc(c(-c5ccccc5)c5ccc2[nH]5)C=C4)C=C3)cc1)S(=O)(=O)c1ccc([N+](=O)[O-])cc1[N+](=O)[O-]. The van der Waals surface area contributed by atoms with Crippen molar-refractivity contribution < 1.29 is 27.8 Å². The van der Waals surface area contributed by atoms with Crippen molar-refractivity contribution in [1.29, 1.82) is 0 Å². The maximum atomic E-state index is 14.6. The molecule has 0 amide bonds. The van der Waals surface area contributed by atoms with Crippen LogP contribution in [-0.4, -0.2) is 56.3 Å². The smallest absolute Gasteiger partial charge is 0.327 e. The lowest BCUT2D eigenvalue weighted by Gasteiger charge is -2.26. The molecule has 3 aromatic heterocycles. The monoisotopic (exact) mass is 973 g/mol. The quantitative estimate of drug-likeness (QED) is 0.0712. The van der Waals surface area contributed by atoms with Gasteiger partial charge in [-0.2, -0.15) is 0 Å². The lowest BCUT2D eigenvalue weighted by molar-refractivity contribution is -0.396. The highest BCUT2D eigenvalue weighted by atomic mass is 32.2. The summed E-state index contributed by atoms with van der Waals surface area (Å²) in [6.45, 7) is 3.97. The van der Waals surface area contributed by atoms with Crippen LogP contribution in [0.25, 0.3) is 90.9 Å². The summed E-state index contributed by atoms with van der Waals surface area (Å²) in [7, 11) is -4.96. The molecule has 8 aromatic rings. The Kier molecular flexibility index (Phi) is 12.0. The fourth-order valence-electron chi connectivity index (χ4n) is 8.93. The summed E-state index contributed by atoms with van der Waals surface area (Å²) in [4.78, 5) is 52.6. The Bertz CT molecular complexity index is 3790. The number of nitro benzene ring substituents is 2. The standard InChI is InChI=1S/C56H43N7O8S/c1-56(2,3)71-51(64)34-61(72(69,70)50-32-23-40(62(65)66)33-49(50)63(67)68)39-21-19-38(20-22-39)55-47-30-28-45(59-47)53(36-15-9-5-10-16-36)43-26-24-41(57-43)52(35-13-7-4-8-14-35)42-25-27-44(58-42)54(37-17-11-6-12-18-37)46-29-31-48(55)60-46/h4-33,57,60H,34H2,1-3H3. The van der Waals surface area contributed by atoms with Crippen LogP contribution in [0.2, 0.25) is 0 Å². The molecule has 10 rings (SSSR count). The third-order valence-corrected chi connectivity index (χ3v) is 13.8. The summed E-state index contributed by atoms with van der Waals surface area (Å²) in [5, 5.41) is 23.8. The molecule has 0 spiro atoms. The minimum Gasteiger partial charge on any atom is -0.459 e. The normalized spacial score (nSPS) is 12.2. The summed E-state index contributed by atoms with van der Waals surface area (Å²) in [5.74, 6) is -0.940. The number of esters is 1. The average Bonchev–Trinajstić information content (AvgIpc) is 4.22. The van der Waals surface area contributed by atoms with Gasteiger partial charge in [0, 0.05) is 50.4 Å². The number of carbonyl (C=O) groups is 1. The molecule has 0 radical (unpaired) electrons. The predicted molar refractivity (Wildman–Crippen MR) is 281 cm³/mol. The highest BCUT2D eigenvalue weighted by molar-refractivity contribution is 7.93. The zero-order valence-electron chi connectivity index (χ0n) is 38.9. The molecule has 0 saturated carbocycles. The largest absolute Gasteiger partial charge is 0.459 e. The first kappa shape index (κ1) is 46.4. The lowest BCUT2D eigenvalue weighted by atomic mass is 10.0. The van der Waals surface area contributed by atoms with E-state index in [1.165, 1.54) is 12.1 Å². The predicted octanol–water partition coefficient (Wildman–Crippen LogP) is 12.7. The van der Waals surface area contributed by atoms with Crippen molar-refractivity contribution in [2.45, 2.75) is 31.3 Å². The van der Waals surface area contributed by atoms with Crippen LogP contribution in [0.5, 0.6) is 0 Å². The summed E-state index contributed by atoms with van der Waals surface area (Å²) >= 11 is 0. The van der Waals surface area contributed by atoms with Crippen LogP contribution in [0.3, 0.4) is 0 Å². The average molecular weight is 974 g/mol. The minimum absolute atomic E-state index is 0.0406. The van der Waals surface area contributed by atoms with Gasteiger partial charge in [0.2, 0.25) is 0 Å². The van der Waals surface area contributed by atoms with E-state index in [1.807, 2.05) is 121 Å². The number of nitrogens with one attached hydrogen (secondary N) is 2. The summed E-state index contributed by atoms with van der Waals surface area (Å²) in [6.07, 6.45) is 7.92. The number of fused-ring (bicyclic) bond motifs is 8. The van der Waals surface area contributed by atoms with E-state index in [0.29, 0.717) is 38.4 Å². The maximum Gasteiger partial charge on any atom is 0.327 e. The number of aromatic amines is 2. The van der Waals surface area contributed by atoms with Crippen LogP contribution in [0.15, 0.2) is 163 Å². The van der Waals surface area contributed by atoms with Gasteiger partial charge in [0.1, 0.15) is 12.1 Å². The first-order valence-corrected chi connectivity index (χ1v) is 24.2. The first-order chi connectivity index (χ1) is 34.6. The van der Waals surface area contributed by atoms with Crippen LogP contribution in [0, 0.1) is 20.2 Å². The maximum absolute atomic E-state index is 14.6. The zero-order valence-corrected chi connectivity index (χ0v) is 39.8. The number of hydrogen-bond donors (Lipinski definition) is 2. The van der Waals surface area contributed by atoms with Gasteiger partial charge in [-0.05, 0) is 110 Å². The molecule has 356 valence electrons. The molecule has 2 aliphatic rings. The Morgan fingerprint density at radius 1 is 0.556 bits per heavy atom. The van der Waals surface area contributed by atoms with Crippen molar-refractivity contribution in [3.8, 4) is 44.5 Å². The van der Waals surface area contributed by atoms with E-state index < -0.39 is 54.3 Å². The summed E-state index contributed by atoms with van der Waals surface area (Å²) in [5.41, 5.74) is 9.72. The van der Waals surface area contributed by atoms with Crippen molar-refractivity contribution in [2.24, 2.45) is 0 Å². The number of rotatable bonds is 11. The zero-order chi connectivity index (χ0) is 50.3. The van der Waals surface area contributed by atoms with Crippen LogP contribution in [0.4, 0.5) is 17.1 Å². The van der Waals surface area contributed by atoms with Crippen molar-refractivity contribution >= 4 is 79.4 Å². The van der Waals surface area contributed by atoms with Gasteiger partial charge in [0.05, 0.1) is 44.4 Å². The first-order valence-electron chi connectivity index (χ1n) is 22.7. The molecule has 8 bridgehead atoms. The number of nitrogens with zero attached hydrogens (tertiary/aromatic N) is 5. The Balaban J connectivity index is 1.23. The molecule has 2 aliphatic heterocycles. The van der Waals surface area contributed by atoms with Crippen molar-refractivity contribution in [3.63, 3.8) is 0 Å². The molecule has 0 fully saturated rings. The number of ether oxygens (including phenoxy) is 1. The van der Waals surface area contributed by atoms with E-state index in [9.17, 15) is 33.4 Å². The van der Waals surface area contributed by atoms with Gasteiger partial charge in [0.25, 0.3) is 21.4 Å². The molecule has 5 heterocycles. The van der Waals surface area contributed by atoms with E-state index in [0.717, 1.165) is 73.5 Å². The minimum atomic E-state index is -4.96. The summed E-state index contributed by atoms with van der Waals surface area (Å²) in [6, 6.07) is 46.6. The number of carbonyl (C=O) groups excluding carboxylic acids is 1. The number of aromatic nitrogens is 4.